The van der Waals surface area contributed by atoms with Crippen molar-refractivity contribution in [3.63, 3.8) is 0 Å². The summed E-state index contributed by atoms with van der Waals surface area (Å²) in [5.74, 6) is 0. The van der Waals surface area contributed by atoms with Gasteiger partial charge in [-0.2, -0.15) is 0 Å². The van der Waals surface area contributed by atoms with Gasteiger partial charge in [-0.15, -0.1) is 13.2 Å². The monoisotopic (exact) mass is 226 g/mol. The van der Waals surface area contributed by atoms with Crippen molar-refractivity contribution < 1.29 is 25.2 Å². The van der Waals surface area contributed by atoms with Gasteiger partial charge in [-0.25, -0.2) is 0 Å². The third-order valence-corrected chi connectivity index (χ3v) is 0.408. The molecule has 0 rings (SSSR count). The van der Waals surface area contributed by atoms with Gasteiger partial charge in [0.05, 0.1) is 0 Å². The molecule has 0 aromatic heterocycles. The first kappa shape index (κ1) is 29.3. The van der Waals surface area contributed by atoms with Gasteiger partial charge in [0.1, 0.15) is 0 Å². The molecule has 0 heterocycles. The van der Waals surface area contributed by atoms with Crippen molar-refractivity contribution in [1.29, 1.82) is 0 Å². The molecule has 0 aromatic carbocycles. The second kappa shape index (κ2) is 37.2. The normalized spacial score (nSPS) is 6.00. The van der Waals surface area contributed by atoms with Gasteiger partial charge >= 0.3 is 46.1 Å². The quantitative estimate of drug-likeness (QED) is 0.451. The molecular weight excluding hydrogens is 213 g/mol. The van der Waals surface area contributed by atoms with Crippen LogP contribution in [-0.4, -0.2) is 65.5 Å². The van der Waals surface area contributed by atoms with Crippen molar-refractivity contribution in [2.45, 2.75) is 26.7 Å². The summed E-state index contributed by atoms with van der Waals surface area (Å²) in [5, 5.41) is 35.3. The molecule has 0 unspecified atom stereocenters. The van der Waals surface area contributed by atoms with E-state index in [-0.39, 0.29) is 59.3 Å². The van der Waals surface area contributed by atoms with Gasteiger partial charge in [0, 0.05) is 0 Å². The molecule has 0 aliphatic rings. The van der Waals surface area contributed by atoms with Gasteiger partial charge in [0.2, 0.25) is 0 Å². The molecule has 0 bridgehead atoms. The van der Waals surface area contributed by atoms with E-state index in [1.165, 1.54) is 0 Å². The van der Waals surface area contributed by atoms with Gasteiger partial charge in [-0.1, -0.05) is 26.7 Å². The first-order valence-corrected chi connectivity index (χ1v) is 3.60. The molecule has 0 aliphatic carbocycles. The molecule has 0 spiro atoms. The Kier molecular flexibility index (Phi) is 78.0. The summed E-state index contributed by atoms with van der Waals surface area (Å²) in [5.41, 5.74) is 0. The maximum absolute atomic E-state index is 9.30. The van der Waals surface area contributed by atoms with E-state index in [4.69, 9.17) is 15.0 Å². The maximum atomic E-state index is 9.30. The smallest absolute Gasteiger partial charge is 0.854 e. The summed E-state index contributed by atoms with van der Waals surface area (Å²) < 4.78 is 0. The molecule has 7 heteroatoms. The predicted molar refractivity (Wildman–Crippen MR) is 47.2 cm³/mol. The molecular formula is C7H14Mg2O5. The van der Waals surface area contributed by atoms with Crippen LogP contribution in [0.4, 0.5) is 4.79 Å². The first-order chi connectivity index (χ1) is 5.56. The van der Waals surface area contributed by atoms with Crippen LogP contribution in [0.2, 0.25) is 0 Å². The molecule has 0 radical (unpaired) electrons. The summed E-state index contributed by atoms with van der Waals surface area (Å²) >= 11 is 0. The Morgan fingerprint density at radius 3 is 1.00 bits per heavy atom. The SMILES string of the molecule is CCC[O-].CCC[O-].O=C([O-])[O-].[Mg+2].[Mg+2]. The van der Waals surface area contributed by atoms with Gasteiger partial charge < -0.3 is 25.2 Å². The molecule has 0 aliphatic heterocycles. The third kappa shape index (κ3) is 236. The van der Waals surface area contributed by atoms with E-state index in [0.717, 1.165) is 12.8 Å². The van der Waals surface area contributed by atoms with Crippen LogP contribution in [0.15, 0.2) is 0 Å². The first-order valence-electron chi connectivity index (χ1n) is 3.60. The molecule has 76 valence electrons. The van der Waals surface area contributed by atoms with Gasteiger partial charge in [0.15, 0.2) is 0 Å². The molecule has 14 heavy (non-hydrogen) atoms. The minimum atomic E-state index is -2.33. The molecule has 0 aromatic rings. The standard InChI is InChI=1S/2C3H7O.CH2O3.2Mg/c2*1-2-3-4;2-1(3)4;;/h2*2-3H2,1H3;(H2,2,3,4);;/q2*-1;;2*+2/p-2. The van der Waals surface area contributed by atoms with E-state index in [2.05, 4.69) is 0 Å². The molecule has 5 nitrogen and oxygen atoms in total. The molecule has 0 amide bonds. The minimum Gasteiger partial charge on any atom is -0.854 e. The number of carbonyl (C=O) groups excluding carboxylic acids is 1. The Hall–Kier alpha value is 0.722. The van der Waals surface area contributed by atoms with Crippen LogP contribution in [-0.2, 0) is 0 Å². The van der Waals surface area contributed by atoms with Crippen LogP contribution in [0, 0.1) is 0 Å². The fourth-order valence-corrected chi connectivity index (χ4v) is 0. The predicted octanol–water partition coefficient (Wildman–Crippen LogP) is -3.70. The Labute approximate surface area is 117 Å². The topological polar surface area (TPSA) is 109 Å². The summed E-state index contributed by atoms with van der Waals surface area (Å²) in [6.07, 6.45) is -0.806. The van der Waals surface area contributed by atoms with Gasteiger partial charge in [-0.05, 0) is 6.16 Å². The Bertz CT molecular complexity index is 70.5. The Balaban J connectivity index is -0.0000000270. The summed E-state index contributed by atoms with van der Waals surface area (Å²) in [6.45, 7) is 3.88. The van der Waals surface area contributed by atoms with Crippen molar-refractivity contribution >= 4 is 52.3 Å². The molecule has 0 atom stereocenters. The van der Waals surface area contributed by atoms with Crippen molar-refractivity contribution in [2.24, 2.45) is 0 Å². The number of carboxylic acid groups (broad SMARTS) is 2. The van der Waals surface area contributed by atoms with E-state index >= 15 is 0 Å². The largest absolute Gasteiger partial charge is 2.00 e. The van der Waals surface area contributed by atoms with E-state index in [1.807, 2.05) is 13.8 Å². The van der Waals surface area contributed by atoms with E-state index in [1.54, 1.807) is 0 Å². The Morgan fingerprint density at radius 1 is 0.929 bits per heavy atom. The fourth-order valence-electron chi connectivity index (χ4n) is 0. The van der Waals surface area contributed by atoms with E-state index < -0.39 is 6.16 Å². The van der Waals surface area contributed by atoms with Crippen molar-refractivity contribution in [3.05, 3.63) is 0 Å². The van der Waals surface area contributed by atoms with Crippen molar-refractivity contribution in [1.82, 2.24) is 0 Å². The number of rotatable bonds is 2. The van der Waals surface area contributed by atoms with E-state index in [0.29, 0.717) is 0 Å². The fraction of sp³-hybridized carbons (Fsp3) is 0.857. The number of carbonyl (C=O) groups is 1. The zero-order valence-electron chi connectivity index (χ0n) is 8.78. The van der Waals surface area contributed by atoms with Crippen molar-refractivity contribution in [3.8, 4) is 0 Å². The average molecular weight is 227 g/mol. The summed E-state index contributed by atoms with van der Waals surface area (Å²) in [7, 11) is 0. The molecule has 0 saturated heterocycles. The third-order valence-electron chi connectivity index (χ3n) is 0.408. The van der Waals surface area contributed by atoms with Crippen LogP contribution in [0.5, 0.6) is 0 Å². The van der Waals surface area contributed by atoms with Crippen LogP contribution in [0.1, 0.15) is 26.7 Å². The number of hydrogen-bond donors (Lipinski definition) is 0. The van der Waals surface area contributed by atoms with Crippen LogP contribution in [0.3, 0.4) is 0 Å². The van der Waals surface area contributed by atoms with Gasteiger partial charge in [-0.3, -0.25) is 0 Å². The molecule has 0 saturated carbocycles. The van der Waals surface area contributed by atoms with Crippen LogP contribution in [0.25, 0.3) is 0 Å². The zero-order valence-corrected chi connectivity index (χ0v) is 11.6. The molecule has 0 fully saturated rings. The summed E-state index contributed by atoms with van der Waals surface area (Å²) in [6, 6.07) is 0. The maximum Gasteiger partial charge on any atom is 2.00 e. The number of hydrogen-bond acceptors (Lipinski definition) is 5. The van der Waals surface area contributed by atoms with Crippen LogP contribution < -0.4 is 20.4 Å². The Morgan fingerprint density at radius 2 is 1.00 bits per heavy atom. The minimum absolute atomic E-state index is 0. The van der Waals surface area contributed by atoms with E-state index in [9.17, 15) is 10.2 Å². The van der Waals surface area contributed by atoms with Crippen LogP contribution >= 0.6 is 0 Å². The second-order valence-corrected chi connectivity index (χ2v) is 1.66. The second-order valence-electron chi connectivity index (χ2n) is 1.66. The van der Waals surface area contributed by atoms with Crippen molar-refractivity contribution in [2.75, 3.05) is 13.2 Å². The average Bonchev–Trinajstić information content (AvgIpc) is 2.03. The zero-order chi connectivity index (χ0) is 10.4. The molecule has 0 N–H and O–H groups in total. The summed E-state index contributed by atoms with van der Waals surface area (Å²) in [4.78, 5) is 8.33. The van der Waals surface area contributed by atoms with Gasteiger partial charge in [0.25, 0.3) is 0 Å².